The number of pyridine rings is 2. The minimum Gasteiger partial charge on any atom is -0.867 e. The van der Waals surface area contributed by atoms with Crippen molar-refractivity contribution in [2.75, 3.05) is 0 Å². The van der Waals surface area contributed by atoms with E-state index in [1.54, 1.807) is 22.9 Å². The van der Waals surface area contributed by atoms with Crippen molar-refractivity contribution in [2.24, 2.45) is 0 Å². The zero-order valence-corrected chi connectivity index (χ0v) is 12.5. The van der Waals surface area contributed by atoms with Gasteiger partial charge < -0.3 is 10.1 Å². The van der Waals surface area contributed by atoms with E-state index in [1.807, 2.05) is 49.5 Å². The smallest absolute Gasteiger partial charge is 0.320 e. The van der Waals surface area contributed by atoms with Gasteiger partial charge in [-0.1, -0.05) is 35.9 Å². The normalized spacial score (nSPS) is 11.2. The molecule has 0 aliphatic heterocycles. The highest BCUT2D eigenvalue weighted by Crippen LogP contribution is 2.23. The topological polar surface area (TPSA) is 59.8 Å². The highest BCUT2D eigenvalue weighted by atomic mass is 16.3. The second-order valence-corrected chi connectivity index (χ2v) is 5.66. The number of benzene rings is 2. The third-order valence-electron chi connectivity index (χ3n) is 4.05. The average Bonchev–Trinajstić information content (AvgIpc) is 2.56. The summed E-state index contributed by atoms with van der Waals surface area (Å²) in [6, 6.07) is 15.2. The van der Waals surface area contributed by atoms with Crippen LogP contribution in [0.3, 0.4) is 0 Å². The average molecular weight is 302 g/mol. The van der Waals surface area contributed by atoms with Gasteiger partial charge in [-0.05, 0) is 35.6 Å². The van der Waals surface area contributed by atoms with E-state index >= 15 is 0 Å². The predicted octanol–water partition coefficient (Wildman–Crippen LogP) is 2.34. The van der Waals surface area contributed by atoms with Gasteiger partial charge in [0.1, 0.15) is 0 Å². The van der Waals surface area contributed by atoms with Gasteiger partial charge in [-0.3, -0.25) is 4.79 Å². The van der Waals surface area contributed by atoms with Crippen LogP contribution in [-0.2, 0) is 0 Å². The number of H-pyrrole nitrogens is 1. The summed E-state index contributed by atoms with van der Waals surface area (Å²) in [5, 5.41) is 15.4. The van der Waals surface area contributed by atoms with E-state index in [4.69, 9.17) is 0 Å². The third-order valence-corrected chi connectivity index (χ3v) is 4.05. The van der Waals surface area contributed by atoms with Gasteiger partial charge in [-0.15, -0.1) is 0 Å². The molecule has 2 aromatic heterocycles. The van der Waals surface area contributed by atoms with Crippen molar-refractivity contribution in [2.45, 2.75) is 6.92 Å². The summed E-state index contributed by atoms with van der Waals surface area (Å²) >= 11 is 0. The van der Waals surface area contributed by atoms with Crippen LogP contribution < -0.4 is 15.2 Å². The molecule has 0 spiro atoms. The number of aromatic amines is 1. The summed E-state index contributed by atoms with van der Waals surface area (Å²) in [5.74, 6) is -0.257. The quantitative estimate of drug-likeness (QED) is 0.549. The molecule has 4 aromatic rings. The summed E-state index contributed by atoms with van der Waals surface area (Å²) in [4.78, 5) is 15.2. The largest absolute Gasteiger partial charge is 0.867 e. The zero-order valence-electron chi connectivity index (χ0n) is 12.5. The fraction of sp³-hybridized carbons (Fsp3) is 0.0526. The van der Waals surface area contributed by atoms with Gasteiger partial charge in [0, 0.05) is 17.0 Å². The van der Waals surface area contributed by atoms with Crippen molar-refractivity contribution in [1.82, 2.24) is 4.98 Å². The van der Waals surface area contributed by atoms with Crippen LogP contribution in [0, 0.1) is 6.92 Å². The lowest BCUT2D eigenvalue weighted by Gasteiger charge is -2.12. The van der Waals surface area contributed by atoms with Gasteiger partial charge in [-0.2, -0.15) is 4.57 Å². The van der Waals surface area contributed by atoms with E-state index < -0.39 is 0 Å². The lowest BCUT2D eigenvalue weighted by Crippen LogP contribution is -2.38. The standard InChI is InChI=1S/C19H14N2O2/c1-12-6-7-16-15(10-12)18(22)17(19(23)20-16)21-9-8-13-4-2-3-5-14(13)11-21/h2-11H,1H3,(H-,20,22,23). The lowest BCUT2D eigenvalue weighted by molar-refractivity contribution is -0.599. The van der Waals surface area contributed by atoms with Crippen LogP contribution in [0.5, 0.6) is 5.75 Å². The summed E-state index contributed by atoms with van der Waals surface area (Å²) in [7, 11) is 0. The fourth-order valence-electron chi connectivity index (χ4n) is 2.87. The highest BCUT2D eigenvalue weighted by Gasteiger charge is 2.16. The molecule has 0 amide bonds. The van der Waals surface area contributed by atoms with E-state index in [0.717, 1.165) is 16.3 Å². The summed E-state index contributed by atoms with van der Waals surface area (Å²) < 4.78 is 1.60. The van der Waals surface area contributed by atoms with Crippen molar-refractivity contribution in [3.8, 4) is 11.4 Å². The molecule has 4 heteroatoms. The summed E-state index contributed by atoms with van der Waals surface area (Å²) in [6.45, 7) is 1.92. The second kappa shape index (κ2) is 4.95. The number of hydrogen-bond donors (Lipinski definition) is 1. The fourth-order valence-corrected chi connectivity index (χ4v) is 2.87. The molecule has 23 heavy (non-hydrogen) atoms. The molecule has 112 valence electrons. The maximum Gasteiger partial charge on any atom is 0.320 e. The van der Waals surface area contributed by atoms with Crippen LogP contribution in [0.1, 0.15) is 5.56 Å². The molecule has 1 N–H and O–H groups in total. The number of fused-ring (bicyclic) bond motifs is 2. The lowest BCUT2D eigenvalue weighted by atomic mass is 10.1. The van der Waals surface area contributed by atoms with Crippen LogP contribution in [0.2, 0.25) is 0 Å². The molecule has 0 radical (unpaired) electrons. The molecule has 0 saturated carbocycles. The first kappa shape index (κ1) is 13.5. The first-order chi connectivity index (χ1) is 11.1. The number of nitrogens with zero attached hydrogens (tertiary/aromatic N) is 1. The van der Waals surface area contributed by atoms with Crippen molar-refractivity contribution in [3.63, 3.8) is 0 Å². The van der Waals surface area contributed by atoms with Gasteiger partial charge in [0.2, 0.25) is 0 Å². The van der Waals surface area contributed by atoms with Crippen LogP contribution in [0.4, 0.5) is 0 Å². The van der Waals surface area contributed by atoms with Gasteiger partial charge in [0.25, 0.3) is 5.69 Å². The van der Waals surface area contributed by atoms with E-state index in [0.29, 0.717) is 10.9 Å². The number of hydrogen-bond acceptors (Lipinski definition) is 2. The van der Waals surface area contributed by atoms with E-state index in [9.17, 15) is 9.90 Å². The number of aromatic nitrogens is 2. The second-order valence-electron chi connectivity index (χ2n) is 5.66. The SMILES string of the molecule is Cc1ccc2[nH]c(=O)c(-[n+]3ccc4ccccc4c3)c([O-])c2c1. The van der Waals surface area contributed by atoms with Crippen molar-refractivity contribution in [3.05, 3.63) is 76.8 Å². The Kier molecular flexibility index (Phi) is 2.91. The molecule has 0 aliphatic carbocycles. The Morgan fingerprint density at radius 2 is 1.83 bits per heavy atom. The third kappa shape index (κ3) is 2.16. The Morgan fingerprint density at radius 1 is 1.04 bits per heavy atom. The molecule has 2 heterocycles. The van der Waals surface area contributed by atoms with Crippen LogP contribution in [-0.4, -0.2) is 4.98 Å². The summed E-state index contributed by atoms with van der Waals surface area (Å²) in [6.07, 6.45) is 3.55. The maximum absolute atomic E-state index is 12.8. The molecule has 0 aliphatic rings. The highest BCUT2D eigenvalue weighted by molar-refractivity contribution is 5.87. The van der Waals surface area contributed by atoms with Crippen molar-refractivity contribution in [1.29, 1.82) is 0 Å². The first-order valence-corrected chi connectivity index (χ1v) is 7.37. The monoisotopic (exact) mass is 302 g/mol. The maximum atomic E-state index is 12.8. The van der Waals surface area contributed by atoms with Gasteiger partial charge in [0.15, 0.2) is 12.4 Å². The Labute approximate surface area is 132 Å². The molecule has 0 unspecified atom stereocenters. The molecule has 0 saturated heterocycles. The molecule has 0 bridgehead atoms. The van der Waals surface area contributed by atoms with E-state index in [2.05, 4.69) is 4.98 Å². The van der Waals surface area contributed by atoms with E-state index in [-0.39, 0.29) is 17.0 Å². The Balaban J connectivity index is 2.05. The van der Waals surface area contributed by atoms with Gasteiger partial charge >= 0.3 is 5.56 Å². The number of nitrogens with one attached hydrogen (secondary N) is 1. The van der Waals surface area contributed by atoms with Crippen LogP contribution in [0.25, 0.3) is 27.4 Å². The Morgan fingerprint density at radius 3 is 2.65 bits per heavy atom. The summed E-state index contributed by atoms with van der Waals surface area (Å²) in [5.41, 5.74) is 1.28. The molecule has 0 atom stereocenters. The molecule has 2 aromatic carbocycles. The van der Waals surface area contributed by atoms with Crippen LogP contribution in [0.15, 0.2) is 65.7 Å². The molecule has 0 fully saturated rings. The van der Waals surface area contributed by atoms with Gasteiger partial charge in [0.05, 0.1) is 0 Å². The minimum absolute atomic E-state index is 0.119. The van der Waals surface area contributed by atoms with E-state index in [1.165, 1.54) is 0 Å². The van der Waals surface area contributed by atoms with Crippen molar-refractivity contribution < 1.29 is 9.67 Å². The molecular formula is C19H14N2O2. The minimum atomic E-state index is -0.383. The molecule has 4 rings (SSSR count). The first-order valence-electron chi connectivity index (χ1n) is 7.37. The Bertz CT molecular complexity index is 1110. The Hall–Kier alpha value is -3.14. The zero-order chi connectivity index (χ0) is 16.0. The van der Waals surface area contributed by atoms with Gasteiger partial charge in [-0.25, -0.2) is 0 Å². The van der Waals surface area contributed by atoms with Crippen LogP contribution >= 0.6 is 0 Å². The predicted molar refractivity (Wildman–Crippen MR) is 87.8 cm³/mol. The molecule has 4 nitrogen and oxygen atoms in total. The number of aryl methyl sites for hydroxylation is 1. The number of rotatable bonds is 1. The van der Waals surface area contributed by atoms with Crippen molar-refractivity contribution >= 4 is 21.7 Å². The molecular weight excluding hydrogens is 288 g/mol.